The number of anilines is 1. The van der Waals surface area contributed by atoms with Gasteiger partial charge in [0.15, 0.2) is 5.82 Å². The van der Waals surface area contributed by atoms with Crippen LogP contribution in [-0.2, 0) is 4.79 Å². The maximum absolute atomic E-state index is 14.2. The first-order valence-electron chi connectivity index (χ1n) is 15.1. The van der Waals surface area contributed by atoms with Crippen molar-refractivity contribution >= 4 is 17.6 Å². The first-order chi connectivity index (χ1) is 20.5. The van der Waals surface area contributed by atoms with Crippen LogP contribution in [-0.4, -0.2) is 94.1 Å². The fourth-order valence-corrected chi connectivity index (χ4v) is 7.37. The fourth-order valence-electron chi connectivity index (χ4n) is 7.37. The van der Waals surface area contributed by atoms with Crippen LogP contribution in [0.5, 0.6) is 11.6 Å². The van der Waals surface area contributed by atoms with Crippen LogP contribution in [0.15, 0.2) is 24.5 Å². The van der Waals surface area contributed by atoms with Crippen molar-refractivity contribution < 1.29 is 27.5 Å². The minimum absolute atomic E-state index is 0.0130. The van der Waals surface area contributed by atoms with E-state index in [1.54, 1.807) is 4.90 Å². The molecule has 1 spiro atoms. The van der Waals surface area contributed by atoms with Crippen molar-refractivity contribution in [1.29, 1.82) is 0 Å². The fraction of sp³-hybridized carbons (Fsp3) is 0.633. The molecule has 0 unspecified atom stereocenters. The lowest BCUT2D eigenvalue weighted by Gasteiger charge is -2.54. The van der Waals surface area contributed by atoms with Crippen LogP contribution < -0.4 is 15.0 Å². The minimum atomic E-state index is -2.67. The molecular formula is C30H38F3N7O3. The molecule has 1 aromatic carbocycles. The molecule has 3 atom stereocenters. The van der Waals surface area contributed by atoms with Gasteiger partial charge in [0.25, 0.3) is 11.8 Å². The molecule has 3 aliphatic heterocycles. The molecule has 232 valence electrons. The average Bonchev–Trinajstić information content (AvgIpc) is 3.47. The number of hydrogen-bond donors (Lipinski definition) is 1. The number of rotatable bonds is 7. The molecule has 6 rings (SSSR count). The maximum Gasteiger partial charge on any atom is 0.282 e. The smallest absolute Gasteiger partial charge is 0.282 e. The number of nitrogens with zero attached hydrogens (tertiary/aromatic N) is 6. The van der Waals surface area contributed by atoms with Gasteiger partial charge >= 0.3 is 0 Å². The van der Waals surface area contributed by atoms with E-state index in [1.807, 2.05) is 30.6 Å². The molecule has 1 aromatic heterocycles. The summed E-state index contributed by atoms with van der Waals surface area (Å²) in [6.07, 6.45) is 2.56. The highest BCUT2D eigenvalue weighted by molar-refractivity contribution is 5.97. The first kappa shape index (κ1) is 29.6. The summed E-state index contributed by atoms with van der Waals surface area (Å²) in [4.78, 5) is 36.4. The molecule has 0 radical (unpaired) electrons. The molecule has 1 saturated carbocycles. The normalized spacial score (nSPS) is 25.5. The molecule has 2 amide bonds. The van der Waals surface area contributed by atoms with Gasteiger partial charge in [-0.3, -0.25) is 9.59 Å². The third-order valence-corrected chi connectivity index (χ3v) is 9.66. The number of carbonyl (C=O) groups is 2. The highest BCUT2D eigenvalue weighted by Crippen LogP contribution is 2.48. The van der Waals surface area contributed by atoms with Gasteiger partial charge < -0.3 is 24.8 Å². The number of nitrogens with one attached hydrogen (secondary N) is 1. The number of likely N-dealkylation sites (tertiary alicyclic amines) is 1. The first-order valence-corrected chi connectivity index (χ1v) is 15.1. The van der Waals surface area contributed by atoms with E-state index in [9.17, 15) is 22.8 Å². The number of piperidine rings is 1. The second-order valence-electron chi connectivity index (χ2n) is 12.8. The number of hydrogen-bond acceptors (Lipinski definition) is 8. The standard InChI is InChI=1S/C30H38F3N7O3/c1-4-40(18(2)3)27(41)21-11-20(31)5-6-23(21)43-26-25(35-17-36-37-26)39-15-29(16-39)7-9-38(10-8-29)28(42)24-22-13-30(32,33)12-19(22)14-34-24/h5-6,11,17-19,22,24,34H,4,7-10,12-16H2,1-3H3/t19-,22-,24-/m0/s1. The van der Waals surface area contributed by atoms with Crippen molar-refractivity contribution in [3.8, 4) is 11.6 Å². The largest absolute Gasteiger partial charge is 0.434 e. The summed E-state index contributed by atoms with van der Waals surface area (Å²) in [6, 6.07) is 3.20. The summed E-state index contributed by atoms with van der Waals surface area (Å²) in [7, 11) is 0. The van der Waals surface area contributed by atoms with E-state index < -0.39 is 17.8 Å². The number of halogens is 3. The molecule has 10 nitrogen and oxygen atoms in total. The SMILES string of the molecule is CCN(C(=O)c1cc(F)ccc1Oc1nncnc1N1CC2(CCN(C(=O)[C@H]3NC[C@@H]4CC(F)(F)C[C@@H]43)CC2)C1)C(C)C. The van der Waals surface area contributed by atoms with Crippen LogP contribution in [0.3, 0.4) is 0 Å². The summed E-state index contributed by atoms with van der Waals surface area (Å²) in [5.41, 5.74) is 0.0784. The molecular weight excluding hydrogens is 563 g/mol. The summed E-state index contributed by atoms with van der Waals surface area (Å²) in [5, 5.41) is 11.2. The molecule has 43 heavy (non-hydrogen) atoms. The lowest BCUT2D eigenvalue weighted by Crippen LogP contribution is -2.62. The van der Waals surface area contributed by atoms with Crippen molar-refractivity contribution in [3.05, 3.63) is 35.9 Å². The molecule has 3 saturated heterocycles. The van der Waals surface area contributed by atoms with Gasteiger partial charge in [-0.1, -0.05) is 0 Å². The number of ether oxygens (including phenoxy) is 1. The Kier molecular flexibility index (Phi) is 7.72. The maximum atomic E-state index is 14.2. The van der Waals surface area contributed by atoms with E-state index in [4.69, 9.17) is 4.74 Å². The monoisotopic (exact) mass is 601 g/mol. The molecule has 0 bridgehead atoms. The molecule has 4 aliphatic rings. The van der Waals surface area contributed by atoms with E-state index >= 15 is 0 Å². The topological polar surface area (TPSA) is 104 Å². The number of fused-ring (bicyclic) bond motifs is 1. The van der Waals surface area contributed by atoms with E-state index in [0.717, 1.165) is 12.8 Å². The number of amides is 2. The van der Waals surface area contributed by atoms with Gasteiger partial charge in [0.2, 0.25) is 11.8 Å². The van der Waals surface area contributed by atoms with Crippen molar-refractivity contribution in [2.24, 2.45) is 17.3 Å². The third-order valence-electron chi connectivity index (χ3n) is 9.66. The number of carbonyl (C=O) groups excluding carboxylic acids is 2. The molecule has 2 aromatic rings. The lowest BCUT2D eigenvalue weighted by molar-refractivity contribution is -0.137. The van der Waals surface area contributed by atoms with Gasteiger partial charge in [-0.2, -0.15) is 0 Å². The summed E-state index contributed by atoms with van der Waals surface area (Å²) >= 11 is 0. The number of aromatic nitrogens is 3. The highest BCUT2D eigenvalue weighted by Gasteiger charge is 2.55. The quantitative estimate of drug-likeness (QED) is 0.512. The molecule has 1 N–H and O–H groups in total. The van der Waals surface area contributed by atoms with E-state index in [1.165, 1.54) is 24.5 Å². The van der Waals surface area contributed by atoms with Gasteiger partial charge in [-0.25, -0.2) is 18.2 Å². The predicted octanol–water partition coefficient (Wildman–Crippen LogP) is 3.74. The molecule has 13 heteroatoms. The Bertz CT molecular complexity index is 1380. The van der Waals surface area contributed by atoms with Crippen LogP contribution in [0.4, 0.5) is 19.0 Å². The molecule has 4 fully saturated rings. The number of alkyl halides is 2. The number of benzene rings is 1. The van der Waals surface area contributed by atoms with E-state index in [0.29, 0.717) is 45.1 Å². The zero-order valence-electron chi connectivity index (χ0n) is 24.7. The van der Waals surface area contributed by atoms with Crippen LogP contribution in [0.1, 0.15) is 56.8 Å². The Morgan fingerprint density at radius 2 is 1.93 bits per heavy atom. The van der Waals surface area contributed by atoms with Gasteiger partial charge in [0, 0.05) is 57.0 Å². The Balaban J connectivity index is 1.10. The Labute approximate surface area is 249 Å². The van der Waals surface area contributed by atoms with Crippen LogP contribution in [0, 0.1) is 23.1 Å². The zero-order chi connectivity index (χ0) is 30.5. The third kappa shape index (κ3) is 5.63. The van der Waals surface area contributed by atoms with Crippen molar-refractivity contribution in [3.63, 3.8) is 0 Å². The Morgan fingerprint density at radius 1 is 1.19 bits per heavy atom. The van der Waals surface area contributed by atoms with Crippen molar-refractivity contribution in [1.82, 2.24) is 30.3 Å². The van der Waals surface area contributed by atoms with Gasteiger partial charge in [-0.15, -0.1) is 10.2 Å². The van der Waals surface area contributed by atoms with Crippen molar-refractivity contribution in [2.75, 3.05) is 44.2 Å². The second-order valence-corrected chi connectivity index (χ2v) is 12.8. The van der Waals surface area contributed by atoms with Gasteiger partial charge in [-0.05, 0) is 70.2 Å². The van der Waals surface area contributed by atoms with Crippen LogP contribution in [0.2, 0.25) is 0 Å². The summed E-state index contributed by atoms with van der Waals surface area (Å²) < 4.78 is 48.2. The molecule has 4 heterocycles. The average molecular weight is 602 g/mol. The predicted molar refractivity (Wildman–Crippen MR) is 152 cm³/mol. The van der Waals surface area contributed by atoms with E-state index in [2.05, 4.69) is 20.5 Å². The Morgan fingerprint density at radius 3 is 2.63 bits per heavy atom. The van der Waals surface area contributed by atoms with Crippen LogP contribution in [0.25, 0.3) is 0 Å². The second kappa shape index (κ2) is 11.2. The van der Waals surface area contributed by atoms with Gasteiger partial charge in [0.1, 0.15) is 17.9 Å². The zero-order valence-corrected chi connectivity index (χ0v) is 24.7. The molecule has 1 aliphatic carbocycles. The van der Waals surface area contributed by atoms with E-state index in [-0.39, 0.29) is 65.1 Å². The Hall–Kier alpha value is -3.48. The summed E-state index contributed by atoms with van der Waals surface area (Å²) in [6.45, 7) is 9.08. The van der Waals surface area contributed by atoms with Crippen LogP contribution >= 0.6 is 0 Å². The minimum Gasteiger partial charge on any atom is -0.434 e. The summed E-state index contributed by atoms with van der Waals surface area (Å²) in [5.74, 6) is -3.30. The highest BCUT2D eigenvalue weighted by atomic mass is 19.3. The van der Waals surface area contributed by atoms with Crippen molar-refractivity contribution in [2.45, 2.75) is 64.5 Å². The van der Waals surface area contributed by atoms with Gasteiger partial charge in [0.05, 0.1) is 11.6 Å². The lowest BCUT2D eigenvalue weighted by atomic mass is 9.72.